The second-order valence-corrected chi connectivity index (χ2v) is 5.91. The van der Waals surface area contributed by atoms with Gasteiger partial charge in [-0.05, 0) is 25.3 Å². The third-order valence-electron chi connectivity index (χ3n) is 3.62. The molecule has 3 N–H and O–H groups in total. The number of carboxylic acid groups (broad SMARTS) is 1. The molecule has 0 aliphatic rings. The summed E-state index contributed by atoms with van der Waals surface area (Å²) in [5.74, 6) is -1.36. The van der Waals surface area contributed by atoms with Gasteiger partial charge >= 0.3 is 5.97 Å². The quantitative estimate of drug-likeness (QED) is 0.609. The second kappa shape index (κ2) is 10.4. The van der Waals surface area contributed by atoms with Crippen molar-refractivity contribution >= 4 is 17.8 Å². The van der Waals surface area contributed by atoms with Gasteiger partial charge in [0.15, 0.2) is 0 Å². The average molecular weight is 334 g/mol. The molecule has 0 heterocycles. The summed E-state index contributed by atoms with van der Waals surface area (Å²) in [5, 5.41) is 14.2. The highest BCUT2D eigenvalue weighted by atomic mass is 16.4. The highest BCUT2D eigenvalue weighted by molar-refractivity contribution is 5.88. The SMILES string of the molecule is CCCC(NC(=O)Cc1ccccc1)C(=O)NC(C)CCC(=O)O. The predicted molar refractivity (Wildman–Crippen MR) is 91.5 cm³/mol. The predicted octanol–water partition coefficient (Wildman–Crippen LogP) is 1.88. The van der Waals surface area contributed by atoms with Crippen molar-refractivity contribution in [2.75, 3.05) is 0 Å². The van der Waals surface area contributed by atoms with Gasteiger partial charge < -0.3 is 15.7 Å². The molecule has 2 amide bonds. The van der Waals surface area contributed by atoms with E-state index in [9.17, 15) is 14.4 Å². The van der Waals surface area contributed by atoms with Gasteiger partial charge in [0.25, 0.3) is 0 Å². The number of hydrogen-bond acceptors (Lipinski definition) is 3. The standard InChI is InChI=1S/C18H26N2O4/c1-3-7-15(18(24)19-13(2)10-11-17(22)23)20-16(21)12-14-8-5-4-6-9-14/h4-6,8-9,13,15H,3,7,10-12H2,1-2H3,(H,19,24)(H,20,21)(H,22,23). The summed E-state index contributed by atoms with van der Waals surface area (Å²) in [6.07, 6.45) is 1.88. The molecule has 0 radical (unpaired) electrons. The molecule has 0 aliphatic carbocycles. The van der Waals surface area contributed by atoms with E-state index in [2.05, 4.69) is 10.6 Å². The maximum atomic E-state index is 12.3. The maximum Gasteiger partial charge on any atom is 0.303 e. The maximum absolute atomic E-state index is 12.3. The number of rotatable bonds is 10. The summed E-state index contributed by atoms with van der Waals surface area (Å²) in [5.41, 5.74) is 0.889. The van der Waals surface area contributed by atoms with Crippen LogP contribution >= 0.6 is 0 Å². The summed E-state index contributed by atoms with van der Waals surface area (Å²) < 4.78 is 0. The van der Waals surface area contributed by atoms with Crippen LogP contribution in [0, 0.1) is 0 Å². The van der Waals surface area contributed by atoms with Crippen molar-refractivity contribution in [1.29, 1.82) is 0 Å². The van der Waals surface area contributed by atoms with E-state index in [1.54, 1.807) is 6.92 Å². The number of nitrogens with one attached hydrogen (secondary N) is 2. The average Bonchev–Trinajstić information content (AvgIpc) is 2.53. The Kier molecular flexibility index (Phi) is 8.54. The fourth-order valence-corrected chi connectivity index (χ4v) is 2.34. The van der Waals surface area contributed by atoms with Crippen LogP contribution in [0.15, 0.2) is 30.3 Å². The molecule has 0 aromatic heterocycles. The molecule has 132 valence electrons. The first-order valence-electron chi connectivity index (χ1n) is 8.27. The first kappa shape index (κ1) is 19.7. The number of aliphatic carboxylic acids is 1. The number of benzene rings is 1. The number of carboxylic acids is 1. The van der Waals surface area contributed by atoms with Gasteiger partial charge in [0.2, 0.25) is 11.8 Å². The van der Waals surface area contributed by atoms with Crippen LogP contribution in [0.2, 0.25) is 0 Å². The van der Waals surface area contributed by atoms with Crippen LogP contribution in [-0.2, 0) is 20.8 Å². The summed E-state index contributed by atoms with van der Waals surface area (Å²) in [6.45, 7) is 3.70. The molecular weight excluding hydrogens is 308 g/mol. The van der Waals surface area contributed by atoms with Crippen molar-refractivity contribution in [3.05, 3.63) is 35.9 Å². The highest BCUT2D eigenvalue weighted by Crippen LogP contribution is 2.04. The van der Waals surface area contributed by atoms with Gasteiger partial charge in [0.05, 0.1) is 6.42 Å². The lowest BCUT2D eigenvalue weighted by Crippen LogP contribution is -2.49. The molecule has 1 aromatic rings. The molecule has 2 unspecified atom stereocenters. The van der Waals surface area contributed by atoms with Gasteiger partial charge in [-0.25, -0.2) is 0 Å². The summed E-state index contributed by atoms with van der Waals surface area (Å²) in [4.78, 5) is 35.0. The Morgan fingerprint density at radius 1 is 1.08 bits per heavy atom. The number of amides is 2. The third kappa shape index (κ3) is 7.76. The van der Waals surface area contributed by atoms with Gasteiger partial charge in [-0.2, -0.15) is 0 Å². The van der Waals surface area contributed by atoms with Gasteiger partial charge in [0.1, 0.15) is 6.04 Å². The van der Waals surface area contributed by atoms with Crippen LogP contribution in [-0.4, -0.2) is 35.0 Å². The smallest absolute Gasteiger partial charge is 0.303 e. The van der Waals surface area contributed by atoms with Gasteiger partial charge in [-0.3, -0.25) is 14.4 Å². The fourth-order valence-electron chi connectivity index (χ4n) is 2.34. The van der Waals surface area contributed by atoms with E-state index in [0.717, 1.165) is 12.0 Å². The van der Waals surface area contributed by atoms with Crippen molar-refractivity contribution in [2.24, 2.45) is 0 Å². The van der Waals surface area contributed by atoms with Crippen molar-refractivity contribution in [3.63, 3.8) is 0 Å². The minimum absolute atomic E-state index is 0.000255. The minimum atomic E-state index is -0.891. The summed E-state index contributed by atoms with van der Waals surface area (Å²) in [7, 11) is 0. The zero-order chi connectivity index (χ0) is 17.9. The van der Waals surface area contributed by atoms with Crippen LogP contribution in [0.25, 0.3) is 0 Å². The topological polar surface area (TPSA) is 95.5 Å². The first-order valence-corrected chi connectivity index (χ1v) is 8.27. The van der Waals surface area contributed by atoms with E-state index in [1.807, 2.05) is 37.3 Å². The van der Waals surface area contributed by atoms with Crippen LogP contribution in [0.1, 0.15) is 45.1 Å². The van der Waals surface area contributed by atoms with Crippen LogP contribution in [0.5, 0.6) is 0 Å². The van der Waals surface area contributed by atoms with Crippen LogP contribution in [0.3, 0.4) is 0 Å². The number of carbonyl (C=O) groups excluding carboxylic acids is 2. The molecule has 1 rings (SSSR count). The second-order valence-electron chi connectivity index (χ2n) is 5.91. The number of carbonyl (C=O) groups is 3. The summed E-state index contributed by atoms with van der Waals surface area (Å²) in [6, 6.07) is 8.49. The fraction of sp³-hybridized carbons (Fsp3) is 0.500. The molecule has 0 bridgehead atoms. The minimum Gasteiger partial charge on any atom is -0.481 e. The Morgan fingerprint density at radius 3 is 2.33 bits per heavy atom. The van der Waals surface area contributed by atoms with E-state index >= 15 is 0 Å². The Hall–Kier alpha value is -2.37. The lowest BCUT2D eigenvalue weighted by Gasteiger charge is -2.21. The van der Waals surface area contributed by atoms with E-state index in [-0.39, 0.29) is 30.7 Å². The summed E-state index contributed by atoms with van der Waals surface area (Å²) >= 11 is 0. The Morgan fingerprint density at radius 2 is 1.75 bits per heavy atom. The van der Waals surface area contributed by atoms with Crippen molar-refractivity contribution in [1.82, 2.24) is 10.6 Å². The molecule has 6 nitrogen and oxygen atoms in total. The zero-order valence-corrected chi connectivity index (χ0v) is 14.2. The molecule has 0 spiro atoms. The van der Waals surface area contributed by atoms with Gasteiger partial charge in [0, 0.05) is 12.5 Å². The van der Waals surface area contributed by atoms with Crippen molar-refractivity contribution in [3.8, 4) is 0 Å². The zero-order valence-electron chi connectivity index (χ0n) is 14.2. The molecule has 24 heavy (non-hydrogen) atoms. The lowest BCUT2D eigenvalue weighted by atomic mass is 10.1. The first-order chi connectivity index (χ1) is 11.4. The molecule has 1 aromatic carbocycles. The molecule has 0 aliphatic heterocycles. The molecule has 6 heteroatoms. The molecule has 0 saturated heterocycles. The van der Waals surface area contributed by atoms with Gasteiger partial charge in [-0.15, -0.1) is 0 Å². The number of hydrogen-bond donors (Lipinski definition) is 3. The van der Waals surface area contributed by atoms with Crippen molar-refractivity contribution in [2.45, 2.75) is 58.0 Å². The molecular formula is C18H26N2O4. The van der Waals surface area contributed by atoms with E-state index in [0.29, 0.717) is 12.8 Å². The van der Waals surface area contributed by atoms with E-state index < -0.39 is 12.0 Å². The van der Waals surface area contributed by atoms with Crippen LogP contribution < -0.4 is 10.6 Å². The Labute approximate surface area is 142 Å². The van der Waals surface area contributed by atoms with Crippen LogP contribution in [0.4, 0.5) is 0 Å². The molecule has 0 saturated carbocycles. The Balaban J connectivity index is 2.53. The van der Waals surface area contributed by atoms with E-state index in [1.165, 1.54) is 0 Å². The van der Waals surface area contributed by atoms with Gasteiger partial charge in [-0.1, -0.05) is 43.7 Å². The normalized spacial score (nSPS) is 12.9. The monoisotopic (exact) mass is 334 g/mol. The largest absolute Gasteiger partial charge is 0.481 e. The van der Waals surface area contributed by atoms with E-state index in [4.69, 9.17) is 5.11 Å². The lowest BCUT2D eigenvalue weighted by molar-refractivity contribution is -0.137. The van der Waals surface area contributed by atoms with Crippen molar-refractivity contribution < 1.29 is 19.5 Å². The Bertz CT molecular complexity index is 545. The molecule has 0 fully saturated rings. The molecule has 2 atom stereocenters. The highest BCUT2D eigenvalue weighted by Gasteiger charge is 2.21. The third-order valence-corrected chi connectivity index (χ3v) is 3.62.